The number of nitriles is 1. The van der Waals surface area contributed by atoms with Crippen LogP contribution in [0.15, 0.2) is 49.2 Å². The molecule has 1 saturated heterocycles. The zero-order valence-corrected chi connectivity index (χ0v) is 21.2. The predicted octanol–water partition coefficient (Wildman–Crippen LogP) is 4.29. The van der Waals surface area contributed by atoms with Crippen molar-refractivity contribution in [3.05, 3.63) is 59.8 Å². The lowest BCUT2D eigenvalue weighted by Gasteiger charge is -2.36. The van der Waals surface area contributed by atoms with Crippen molar-refractivity contribution in [1.82, 2.24) is 34.5 Å². The Bertz CT molecular complexity index is 1520. The second kappa shape index (κ2) is 10.9. The molecule has 0 radical (unpaired) electrons. The first-order valence-electron chi connectivity index (χ1n) is 12.0. The van der Waals surface area contributed by atoms with Crippen LogP contribution in [-0.2, 0) is 0 Å². The van der Waals surface area contributed by atoms with Crippen molar-refractivity contribution in [1.29, 1.82) is 5.26 Å². The van der Waals surface area contributed by atoms with Gasteiger partial charge in [-0.2, -0.15) is 10.4 Å². The maximum Gasteiger partial charge on any atom is 0.573 e. The van der Waals surface area contributed by atoms with Crippen LogP contribution in [0.25, 0.3) is 22.3 Å². The van der Waals surface area contributed by atoms with Crippen LogP contribution in [0.3, 0.4) is 0 Å². The zero-order chi connectivity index (χ0) is 27.6. The van der Waals surface area contributed by atoms with Gasteiger partial charge in [0.1, 0.15) is 17.7 Å². The first-order valence-corrected chi connectivity index (χ1v) is 12.4. The molecule has 10 nitrogen and oxygen atoms in total. The molecule has 14 heteroatoms. The number of nitrogens with zero attached hydrogens (tertiary/aromatic N) is 7. The first kappa shape index (κ1) is 26.5. The van der Waals surface area contributed by atoms with Crippen LogP contribution in [0.2, 0.25) is 5.02 Å². The van der Waals surface area contributed by atoms with E-state index in [9.17, 15) is 23.2 Å². The third-order valence-electron chi connectivity index (χ3n) is 6.41. The van der Waals surface area contributed by atoms with Gasteiger partial charge in [-0.3, -0.25) is 14.4 Å². The van der Waals surface area contributed by atoms with Crippen LogP contribution in [0.5, 0.6) is 5.75 Å². The van der Waals surface area contributed by atoms with Crippen molar-refractivity contribution < 1.29 is 22.7 Å². The van der Waals surface area contributed by atoms with E-state index in [0.717, 1.165) is 34.4 Å². The van der Waals surface area contributed by atoms with E-state index in [1.54, 1.807) is 22.0 Å². The number of piperazine rings is 1. The van der Waals surface area contributed by atoms with Gasteiger partial charge in [-0.15, -0.1) is 13.2 Å². The molecule has 1 fully saturated rings. The van der Waals surface area contributed by atoms with Crippen molar-refractivity contribution in [3.63, 3.8) is 0 Å². The molecule has 1 atom stereocenters. The van der Waals surface area contributed by atoms with Crippen LogP contribution in [0, 0.1) is 11.3 Å². The summed E-state index contributed by atoms with van der Waals surface area (Å²) in [6.07, 6.45) is 2.17. The van der Waals surface area contributed by atoms with E-state index < -0.39 is 18.0 Å². The molecule has 202 valence electrons. The molecule has 1 aliphatic rings. The number of aromatic nitrogens is 5. The fourth-order valence-electron chi connectivity index (χ4n) is 4.60. The largest absolute Gasteiger partial charge is 0.573 e. The van der Waals surface area contributed by atoms with E-state index in [-0.39, 0.29) is 23.0 Å². The number of carbonyl (C=O) groups excluding carboxylic acids is 1. The van der Waals surface area contributed by atoms with Gasteiger partial charge in [0, 0.05) is 66.7 Å². The number of aromatic amines is 1. The van der Waals surface area contributed by atoms with Crippen LogP contribution in [0.1, 0.15) is 22.8 Å². The van der Waals surface area contributed by atoms with Crippen LogP contribution < -0.4 is 4.74 Å². The number of hydrogen-bond acceptors (Lipinski definition) is 7. The molecule has 5 rings (SSSR count). The molecule has 1 amide bonds. The quantitative estimate of drug-likeness (QED) is 0.360. The Morgan fingerprint density at radius 3 is 2.74 bits per heavy atom. The van der Waals surface area contributed by atoms with Gasteiger partial charge in [-0.1, -0.05) is 11.6 Å². The highest BCUT2D eigenvalue weighted by Crippen LogP contribution is 2.28. The number of fused-ring (bicyclic) bond motifs is 1. The number of rotatable bonds is 7. The minimum atomic E-state index is -4.89. The summed E-state index contributed by atoms with van der Waals surface area (Å²) in [7, 11) is 0. The molecule has 39 heavy (non-hydrogen) atoms. The number of nitrogens with one attached hydrogen (secondary N) is 1. The molecule has 4 heterocycles. The van der Waals surface area contributed by atoms with Crippen molar-refractivity contribution >= 4 is 28.5 Å². The van der Waals surface area contributed by atoms with Crippen LogP contribution in [-0.4, -0.2) is 79.5 Å². The average Bonchev–Trinajstić information content (AvgIpc) is 3.57. The van der Waals surface area contributed by atoms with Crippen molar-refractivity contribution in [3.8, 4) is 23.1 Å². The van der Waals surface area contributed by atoms with Gasteiger partial charge >= 0.3 is 6.36 Å². The molecule has 1 unspecified atom stereocenters. The fourth-order valence-corrected chi connectivity index (χ4v) is 4.83. The Morgan fingerprint density at radius 1 is 1.21 bits per heavy atom. The molecule has 1 aromatic carbocycles. The predicted molar refractivity (Wildman–Crippen MR) is 135 cm³/mol. The van der Waals surface area contributed by atoms with Crippen molar-refractivity contribution in [2.45, 2.75) is 18.8 Å². The number of alkyl halides is 3. The summed E-state index contributed by atoms with van der Waals surface area (Å²) in [6, 6.07) is 7.23. The lowest BCUT2D eigenvalue weighted by atomic mass is 10.1. The summed E-state index contributed by atoms with van der Waals surface area (Å²) in [5, 5.41) is 14.8. The van der Waals surface area contributed by atoms with Gasteiger partial charge < -0.3 is 14.6 Å². The number of hydrogen-bond donors (Lipinski definition) is 1. The van der Waals surface area contributed by atoms with E-state index in [0.29, 0.717) is 32.7 Å². The highest BCUT2D eigenvalue weighted by molar-refractivity contribution is 6.31. The molecule has 0 bridgehead atoms. The number of H-pyrrole nitrogens is 1. The van der Waals surface area contributed by atoms with Gasteiger partial charge in [0.05, 0.1) is 30.4 Å². The summed E-state index contributed by atoms with van der Waals surface area (Å²) in [6.45, 7) is 2.28. The third-order valence-corrected chi connectivity index (χ3v) is 6.63. The Kier molecular flexibility index (Phi) is 7.40. The van der Waals surface area contributed by atoms with E-state index in [4.69, 9.17) is 11.6 Å². The monoisotopic (exact) mass is 558 g/mol. The summed E-state index contributed by atoms with van der Waals surface area (Å²) in [5.74, 6) is -0.982. The normalized spacial score (nSPS) is 15.3. The zero-order valence-electron chi connectivity index (χ0n) is 20.4. The minimum Gasteiger partial charge on any atom is -0.406 e. The molecule has 0 saturated carbocycles. The second-order valence-corrected chi connectivity index (χ2v) is 9.44. The van der Waals surface area contributed by atoms with Gasteiger partial charge in [0.2, 0.25) is 0 Å². The van der Waals surface area contributed by atoms with E-state index in [2.05, 4.69) is 35.8 Å². The van der Waals surface area contributed by atoms with Crippen LogP contribution in [0.4, 0.5) is 13.2 Å². The van der Waals surface area contributed by atoms with Gasteiger partial charge in [0.25, 0.3) is 5.91 Å². The number of benzene rings is 1. The third kappa shape index (κ3) is 6.13. The molecular weight excluding hydrogens is 537 g/mol. The van der Waals surface area contributed by atoms with Crippen LogP contribution >= 0.6 is 11.6 Å². The maximum atomic E-state index is 13.0. The Labute approximate surface area is 225 Å². The second-order valence-electron chi connectivity index (χ2n) is 9.00. The van der Waals surface area contributed by atoms with E-state index in [1.165, 1.54) is 12.4 Å². The number of ether oxygens (including phenoxy) is 1. The molecule has 0 aliphatic carbocycles. The van der Waals surface area contributed by atoms with E-state index >= 15 is 0 Å². The Morgan fingerprint density at radius 2 is 2.00 bits per heavy atom. The van der Waals surface area contributed by atoms with E-state index in [1.807, 2.05) is 12.3 Å². The minimum absolute atomic E-state index is 0.0166. The molecule has 4 aromatic rings. The summed E-state index contributed by atoms with van der Waals surface area (Å²) < 4.78 is 43.5. The lowest BCUT2D eigenvalue weighted by Crippen LogP contribution is -2.50. The smallest absolute Gasteiger partial charge is 0.406 e. The summed E-state index contributed by atoms with van der Waals surface area (Å²) in [4.78, 5) is 28.3. The summed E-state index contributed by atoms with van der Waals surface area (Å²) >= 11 is 5.92. The Balaban J connectivity index is 1.23. The highest BCUT2D eigenvalue weighted by atomic mass is 35.5. The molecule has 0 spiro atoms. The molecular formula is C25H22ClF3N8O2. The lowest BCUT2D eigenvalue weighted by molar-refractivity contribution is -0.274. The fraction of sp³-hybridized carbons (Fsp3) is 0.320. The molecule has 3 aromatic heterocycles. The number of halogens is 4. The summed E-state index contributed by atoms with van der Waals surface area (Å²) in [5.41, 5.74) is 2.27. The van der Waals surface area contributed by atoms with Gasteiger partial charge in [0.15, 0.2) is 0 Å². The van der Waals surface area contributed by atoms with Crippen molar-refractivity contribution in [2.24, 2.45) is 0 Å². The number of amides is 1. The van der Waals surface area contributed by atoms with Crippen molar-refractivity contribution in [2.75, 3.05) is 32.7 Å². The van der Waals surface area contributed by atoms with Gasteiger partial charge in [-0.25, -0.2) is 9.97 Å². The standard InChI is InChI=1S/C25H22ClF3N8O2/c26-18-9-16(10-20(11-18)39-25(27,28)29)24(38)36-7-5-35(6-8-36)14-19(1-3-30)37-13-17(12-34-37)22-21-2-4-31-23(21)33-15-32-22/h2,4,9-13,15,19H,1,5-8,14H2,(H,31,32,33). The molecule has 1 N–H and O–H groups in total. The van der Waals surface area contributed by atoms with Gasteiger partial charge in [-0.05, 0) is 24.3 Å². The topological polar surface area (TPSA) is 116 Å². The SMILES string of the molecule is N#CCC(CN1CCN(C(=O)c2cc(Cl)cc(OC(F)(F)F)c2)CC1)n1cc(-c2ncnc3[nH]ccc23)cn1. The molecule has 1 aliphatic heterocycles. The number of carbonyl (C=O) groups is 1. The average molecular weight is 559 g/mol. The Hall–Kier alpha value is -4.15. The highest BCUT2D eigenvalue weighted by Gasteiger charge is 2.32. The maximum absolute atomic E-state index is 13.0. The first-order chi connectivity index (χ1) is 18.7.